The number of aliphatic hydroxyl groups excluding tert-OH is 1. The van der Waals surface area contributed by atoms with Gasteiger partial charge in [0.25, 0.3) is 0 Å². The van der Waals surface area contributed by atoms with E-state index in [1.165, 1.54) is 45.3 Å². The molecule has 2 heteroatoms. The van der Waals surface area contributed by atoms with Crippen LogP contribution in [0.4, 0.5) is 0 Å². The van der Waals surface area contributed by atoms with Gasteiger partial charge in [-0.1, -0.05) is 6.92 Å². The second-order valence-corrected chi connectivity index (χ2v) is 4.91. The molecule has 2 fully saturated rings. The Morgan fingerprint density at radius 2 is 2.31 bits per heavy atom. The first-order valence-electron chi connectivity index (χ1n) is 5.61. The van der Waals surface area contributed by atoms with Gasteiger partial charge >= 0.3 is 0 Å². The summed E-state index contributed by atoms with van der Waals surface area (Å²) in [6.07, 6.45) is 5.26. The van der Waals surface area contributed by atoms with Crippen LogP contribution in [-0.4, -0.2) is 36.2 Å². The Morgan fingerprint density at radius 1 is 1.46 bits per heavy atom. The third kappa shape index (κ3) is 1.75. The van der Waals surface area contributed by atoms with Crippen molar-refractivity contribution < 1.29 is 5.11 Å². The van der Waals surface area contributed by atoms with Crippen LogP contribution in [0.2, 0.25) is 0 Å². The largest absolute Gasteiger partial charge is 0.396 e. The fourth-order valence-corrected chi connectivity index (χ4v) is 3.15. The van der Waals surface area contributed by atoms with Crippen LogP contribution in [0, 0.1) is 11.3 Å². The smallest absolute Gasteiger partial charge is 0.0459 e. The second kappa shape index (κ2) is 3.58. The first kappa shape index (κ1) is 9.47. The summed E-state index contributed by atoms with van der Waals surface area (Å²) in [5, 5.41) is 9.12. The van der Waals surface area contributed by atoms with E-state index in [4.69, 9.17) is 5.11 Å². The minimum Gasteiger partial charge on any atom is -0.396 e. The third-order valence-corrected chi connectivity index (χ3v) is 4.03. The average molecular weight is 183 g/mol. The lowest BCUT2D eigenvalue weighted by Gasteiger charge is -2.23. The van der Waals surface area contributed by atoms with E-state index in [0.29, 0.717) is 17.9 Å². The molecule has 1 aliphatic heterocycles. The van der Waals surface area contributed by atoms with E-state index < -0.39 is 0 Å². The molecule has 1 heterocycles. The van der Waals surface area contributed by atoms with Crippen molar-refractivity contribution in [3.8, 4) is 0 Å². The van der Waals surface area contributed by atoms with Crippen LogP contribution in [0.15, 0.2) is 0 Å². The molecule has 0 radical (unpaired) electrons. The van der Waals surface area contributed by atoms with E-state index in [0.717, 1.165) is 0 Å². The summed E-state index contributed by atoms with van der Waals surface area (Å²) >= 11 is 0. The van der Waals surface area contributed by atoms with Crippen molar-refractivity contribution in [1.29, 1.82) is 0 Å². The molecule has 0 amide bonds. The van der Waals surface area contributed by atoms with E-state index in [1.54, 1.807) is 0 Å². The summed E-state index contributed by atoms with van der Waals surface area (Å²) in [6.45, 7) is 6.44. The van der Waals surface area contributed by atoms with Crippen LogP contribution < -0.4 is 0 Å². The molecule has 1 aliphatic carbocycles. The molecule has 1 N–H and O–H groups in total. The summed E-state index contributed by atoms with van der Waals surface area (Å²) in [5.41, 5.74) is 0.601. The number of hydrogen-bond donors (Lipinski definition) is 1. The summed E-state index contributed by atoms with van der Waals surface area (Å²) in [4.78, 5) is 2.56. The van der Waals surface area contributed by atoms with Gasteiger partial charge in [-0.2, -0.15) is 0 Å². The van der Waals surface area contributed by atoms with Gasteiger partial charge in [0.05, 0.1) is 0 Å². The molecule has 13 heavy (non-hydrogen) atoms. The second-order valence-electron chi connectivity index (χ2n) is 4.91. The van der Waals surface area contributed by atoms with E-state index >= 15 is 0 Å². The van der Waals surface area contributed by atoms with Gasteiger partial charge in [0.1, 0.15) is 0 Å². The van der Waals surface area contributed by atoms with Crippen LogP contribution in [0.1, 0.15) is 32.6 Å². The highest BCUT2D eigenvalue weighted by molar-refractivity contribution is 4.95. The molecule has 76 valence electrons. The van der Waals surface area contributed by atoms with Crippen LogP contribution in [0.3, 0.4) is 0 Å². The van der Waals surface area contributed by atoms with Crippen molar-refractivity contribution in [3.63, 3.8) is 0 Å². The minimum atomic E-state index is 0.411. The Balaban J connectivity index is 1.93. The fourth-order valence-electron chi connectivity index (χ4n) is 3.15. The Morgan fingerprint density at radius 3 is 2.85 bits per heavy atom. The molecule has 1 saturated carbocycles. The standard InChI is InChI=1S/C11H21NO/c1-2-12-6-5-11(9-12)4-3-10(7-11)8-13/h10,13H,2-9H2,1H3/t10-,11-/m0/s1. The van der Waals surface area contributed by atoms with Crippen molar-refractivity contribution in [2.24, 2.45) is 11.3 Å². The molecule has 0 aromatic carbocycles. The van der Waals surface area contributed by atoms with Crippen molar-refractivity contribution >= 4 is 0 Å². The fraction of sp³-hybridized carbons (Fsp3) is 1.00. The zero-order valence-corrected chi connectivity index (χ0v) is 8.63. The quantitative estimate of drug-likeness (QED) is 0.701. The van der Waals surface area contributed by atoms with Gasteiger partial charge in [-0.25, -0.2) is 0 Å². The lowest BCUT2D eigenvalue weighted by Crippen LogP contribution is -2.25. The molecule has 2 aliphatic rings. The zero-order chi connectivity index (χ0) is 9.31. The van der Waals surface area contributed by atoms with Gasteiger partial charge in [0.2, 0.25) is 0 Å². The highest BCUT2D eigenvalue weighted by Crippen LogP contribution is 2.47. The van der Waals surface area contributed by atoms with Crippen LogP contribution in [-0.2, 0) is 0 Å². The van der Waals surface area contributed by atoms with Crippen molar-refractivity contribution in [2.45, 2.75) is 32.6 Å². The lowest BCUT2D eigenvalue weighted by molar-refractivity contribution is 0.206. The van der Waals surface area contributed by atoms with E-state index in [2.05, 4.69) is 11.8 Å². The Bertz CT molecular complexity index is 161. The highest BCUT2D eigenvalue weighted by atomic mass is 16.3. The maximum atomic E-state index is 9.12. The van der Waals surface area contributed by atoms with Crippen molar-refractivity contribution in [1.82, 2.24) is 4.90 Å². The molecule has 1 saturated heterocycles. The predicted octanol–water partition coefficient (Wildman–Crippen LogP) is 1.49. The monoisotopic (exact) mass is 183 g/mol. The third-order valence-electron chi connectivity index (χ3n) is 4.03. The first-order valence-corrected chi connectivity index (χ1v) is 5.61. The number of likely N-dealkylation sites (tertiary alicyclic amines) is 1. The van der Waals surface area contributed by atoms with Gasteiger partial charge in [-0.3, -0.25) is 0 Å². The molecule has 2 atom stereocenters. The first-order chi connectivity index (χ1) is 6.28. The SMILES string of the molecule is CCN1CC[C@]2(CC[C@H](CO)C2)C1. The molecule has 0 aromatic heterocycles. The maximum absolute atomic E-state index is 9.12. The van der Waals surface area contributed by atoms with E-state index in [1.807, 2.05) is 0 Å². The molecule has 0 unspecified atom stereocenters. The molecular weight excluding hydrogens is 162 g/mol. The summed E-state index contributed by atoms with van der Waals surface area (Å²) in [5.74, 6) is 0.608. The van der Waals surface area contributed by atoms with Gasteiger partial charge in [0, 0.05) is 13.2 Å². The average Bonchev–Trinajstić information content (AvgIpc) is 2.74. The number of hydrogen-bond acceptors (Lipinski definition) is 2. The molecule has 2 nitrogen and oxygen atoms in total. The van der Waals surface area contributed by atoms with Crippen LogP contribution in [0.5, 0.6) is 0 Å². The van der Waals surface area contributed by atoms with Gasteiger partial charge in [0.15, 0.2) is 0 Å². The highest BCUT2D eigenvalue weighted by Gasteiger charge is 2.43. The Kier molecular flexibility index (Phi) is 2.61. The molecular formula is C11H21NO. The zero-order valence-electron chi connectivity index (χ0n) is 8.63. The predicted molar refractivity (Wildman–Crippen MR) is 53.6 cm³/mol. The minimum absolute atomic E-state index is 0.411. The molecule has 1 spiro atoms. The van der Waals surface area contributed by atoms with E-state index in [-0.39, 0.29) is 0 Å². The van der Waals surface area contributed by atoms with Gasteiger partial charge in [-0.05, 0) is 50.1 Å². The van der Waals surface area contributed by atoms with Crippen LogP contribution in [0.25, 0.3) is 0 Å². The Hall–Kier alpha value is -0.0800. The van der Waals surface area contributed by atoms with Gasteiger partial charge < -0.3 is 10.0 Å². The van der Waals surface area contributed by atoms with E-state index in [9.17, 15) is 0 Å². The normalized spacial score (nSPS) is 40.6. The number of nitrogens with zero attached hydrogens (tertiary/aromatic N) is 1. The van der Waals surface area contributed by atoms with Gasteiger partial charge in [-0.15, -0.1) is 0 Å². The summed E-state index contributed by atoms with van der Waals surface area (Å²) in [6, 6.07) is 0. The molecule has 0 bridgehead atoms. The molecule has 2 rings (SSSR count). The lowest BCUT2D eigenvalue weighted by atomic mass is 9.84. The Labute approximate surface area is 80.9 Å². The topological polar surface area (TPSA) is 23.5 Å². The number of aliphatic hydroxyl groups is 1. The molecule has 0 aromatic rings. The van der Waals surface area contributed by atoms with Crippen molar-refractivity contribution in [2.75, 3.05) is 26.2 Å². The maximum Gasteiger partial charge on any atom is 0.0459 e. The number of rotatable bonds is 2. The summed E-state index contributed by atoms with van der Waals surface area (Å²) < 4.78 is 0. The van der Waals surface area contributed by atoms with Crippen LogP contribution >= 0.6 is 0 Å². The summed E-state index contributed by atoms with van der Waals surface area (Å²) in [7, 11) is 0. The van der Waals surface area contributed by atoms with Crippen molar-refractivity contribution in [3.05, 3.63) is 0 Å².